The van der Waals surface area contributed by atoms with Crippen molar-refractivity contribution >= 4 is 86.6 Å². The van der Waals surface area contributed by atoms with Crippen LogP contribution in [0, 0.1) is 0 Å². The molecule has 0 radical (unpaired) electrons. The van der Waals surface area contributed by atoms with E-state index in [1.165, 1.54) is 120 Å². The fraction of sp³-hybridized carbons (Fsp3) is 0.0149. The van der Waals surface area contributed by atoms with Crippen molar-refractivity contribution in [3.63, 3.8) is 0 Å². The van der Waals surface area contributed by atoms with Gasteiger partial charge in [0.25, 0.3) is 0 Å². The maximum Gasteiger partial charge on any atom is 0.136 e. The predicted octanol–water partition coefficient (Wildman–Crippen LogP) is 18.2. The maximum absolute atomic E-state index is 6.53. The topological polar surface area (TPSA) is 13.1 Å². The van der Waals surface area contributed by atoms with Gasteiger partial charge in [-0.3, -0.25) is 0 Å². The van der Waals surface area contributed by atoms with Crippen LogP contribution in [0.2, 0.25) is 0 Å². The van der Waals surface area contributed by atoms with Crippen molar-refractivity contribution in [1.82, 2.24) is 0 Å². The lowest BCUT2D eigenvalue weighted by Crippen LogP contribution is -2.29. The highest BCUT2D eigenvalue weighted by molar-refractivity contribution is 6.27. The smallest absolute Gasteiger partial charge is 0.136 e. The van der Waals surface area contributed by atoms with Gasteiger partial charge in [-0.2, -0.15) is 0 Å². The molecule has 0 amide bonds. The van der Waals surface area contributed by atoms with Gasteiger partial charge >= 0.3 is 0 Å². The van der Waals surface area contributed by atoms with Gasteiger partial charge in [0, 0.05) is 10.8 Å². The van der Waals surface area contributed by atoms with Crippen LogP contribution < -0.4 is 0 Å². The number of hydrogen-bond donors (Lipinski definition) is 0. The molecule has 1 nitrogen and oxygen atoms in total. The van der Waals surface area contributed by atoms with Gasteiger partial charge in [-0.05, 0) is 145 Å². The Morgan fingerprint density at radius 3 is 1.34 bits per heavy atom. The highest BCUT2D eigenvalue weighted by atomic mass is 16.3. The minimum atomic E-state index is -0.621. The molecule has 314 valence electrons. The highest BCUT2D eigenvalue weighted by Crippen LogP contribution is 2.63. The number of hydrogen-bond acceptors (Lipinski definition) is 1. The largest absolute Gasteiger partial charge is 0.456 e. The zero-order chi connectivity index (χ0) is 44.5. The van der Waals surface area contributed by atoms with Gasteiger partial charge < -0.3 is 4.42 Å². The van der Waals surface area contributed by atoms with Crippen molar-refractivity contribution in [3.05, 3.63) is 265 Å². The third-order valence-corrected chi connectivity index (χ3v) is 15.3. The van der Waals surface area contributed by atoms with Crippen molar-refractivity contribution in [2.45, 2.75) is 5.41 Å². The zero-order valence-electron chi connectivity index (χ0n) is 37.0. The standard InChI is InChI=1S/C67H40O/c1-3-20-43(21-4-1)67(44-22-5-2-6-23-44)65-54-33-17-11-27-48(54)56(40-58(65)64-49-28-12-9-25-46(49)47-26-10-18-34-55(47)66(64)67)62-52-31-15-13-29-50(52)61(51-30-14-16-32-53(51)62)42-36-37-59-57(39-42)63-45-24-8-7-19-41(45)35-38-60(63)68-59/h1-40H. The van der Waals surface area contributed by atoms with Crippen LogP contribution in [0.4, 0.5) is 0 Å². The molecule has 0 saturated heterocycles. The second kappa shape index (κ2) is 14.1. The minimum absolute atomic E-state index is 0.621. The summed E-state index contributed by atoms with van der Waals surface area (Å²) in [5.41, 5.74) is 13.9. The second-order valence-corrected chi connectivity index (χ2v) is 18.5. The van der Waals surface area contributed by atoms with Crippen LogP contribution in [0.1, 0.15) is 22.3 Å². The van der Waals surface area contributed by atoms with Crippen LogP contribution in [-0.4, -0.2) is 0 Å². The van der Waals surface area contributed by atoms with Gasteiger partial charge in [0.15, 0.2) is 0 Å². The molecule has 1 aliphatic rings. The predicted molar refractivity (Wildman–Crippen MR) is 287 cm³/mol. The Morgan fingerprint density at radius 1 is 0.265 bits per heavy atom. The minimum Gasteiger partial charge on any atom is -0.456 e. The average Bonchev–Trinajstić information content (AvgIpc) is 3.95. The Morgan fingerprint density at radius 2 is 0.721 bits per heavy atom. The van der Waals surface area contributed by atoms with Crippen molar-refractivity contribution in [2.24, 2.45) is 0 Å². The molecule has 1 aliphatic carbocycles. The SMILES string of the molecule is c1ccc(C2(c3ccccc3)c3c(cc(-c4c5ccccc5c(-c5ccc6oc7ccc8ccccc8c7c6c5)c5ccccc45)c4ccccc34)-c3c2c2ccccc2c2ccccc32)cc1. The molecule has 0 atom stereocenters. The van der Waals surface area contributed by atoms with Crippen molar-refractivity contribution in [2.75, 3.05) is 0 Å². The van der Waals surface area contributed by atoms with Crippen molar-refractivity contribution < 1.29 is 4.42 Å². The molecule has 1 aromatic heterocycles. The van der Waals surface area contributed by atoms with Gasteiger partial charge in [-0.25, -0.2) is 0 Å². The monoisotopic (exact) mass is 860 g/mol. The van der Waals surface area contributed by atoms with Crippen LogP contribution in [-0.2, 0) is 5.41 Å². The normalized spacial score (nSPS) is 13.1. The molecule has 1 heterocycles. The summed E-state index contributed by atoms with van der Waals surface area (Å²) in [6.45, 7) is 0. The summed E-state index contributed by atoms with van der Waals surface area (Å²) in [5.74, 6) is 0. The molecule has 0 bridgehead atoms. The Labute approximate surface area is 392 Å². The molecule has 0 N–H and O–H groups in total. The average molecular weight is 861 g/mol. The van der Waals surface area contributed by atoms with Crippen LogP contribution in [0.5, 0.6) is 0 Å². The van der Waals surface area contributed by atoms with Gasteiger partial charge in [0.05, 0.1) is 5.41 Å². The molecule has 68 heavy (non-hydrogen) atoms. The summed E-state index contributed by atoms with van der Waals surface area (Å²) in [6, 6.07) is 90.4. The number of fused-ring (bicyclic) bond motifs is 17. The molecule has 0 spiro atoms. The van der Waals surface area contributed by atoms with E-state index >= 15 is 0 Å². The van der Waals surface area contributed by atoms with E-state index in [0.29, 0.717) is 0 Å². The third kappa shape index (κ3) is 4.95. The van der Waals surface area contributed by atoms with Gasteiger partial charge in [-0.1, -0.05) is 218 Å². The zero-order valence-corrected chi connectivity index (χ0v) is 37.0. The van der Waals surface area contributed by atoms with E-state index in [1.54, 1.807) is 0 Å². The second-order valence-electron chi connectivity index (χ2n) is 18.5. The van der Waals surface area contributed by atoms with E-state index in [1.807, 2.05) is 0 Å². The summed E-state index contributed by atoms with van der Waals surface area (Å²) >= 11 is 0. The van der Waals surface area contributed by atoms with Gasteiger partial charge in [-0.15, -0.1) is 0 Å². The number of rotatable bonds is 4. The van der Waals surface area contributed by atoms with E-state index < -0.39 is 5.41 Å². The molecule has 0 saturated carbocycles. The first-order valence-electron chi connectivity index (χ1n) is 23.7. The van der Waals surface area contributed by atoms with Crippen molar-refractivity contribution in [3.8, 4) is 33.4 Å². The maximum atomic E-state index is 6.53. The van der Waals surface area contributed by atoms with Gasteiger partial charge in [0.2, 0.25) is 0 Å². The van der Waals surface area contributed by atoms with Gasteiger partial charge in [0.1, 0.15) is 11.2 Å². The molecule has 13 aromatic carbocycles. The van der Waals surface area contributed by atoms with E-state index in [2.05, 4.69) is 243 Å². The van der Waals surface area contributed by atoms with Crippen LogP contribution in [0.25, 0.3) is 120 Å². The first-order chi connectivity index (χ1) is 33.8. The lowest BCUT2D eigenvalue weighted by molar-refractivity contribution is 0.669. The number of benzene rings is 13. The Hall–Kier alpha value is -8.78. The Balaban J connectivity index is 1.10. The Kier molecular flexibility index (Phi) is 7.77. The quantitative estimate of drug-likeness (QED) is 0.127. The summed E-state index contributed by atoms with van der Waals surface area (Å²) in [5, 5.41) is 17.2. The first kappa shape index (κ1) is 37.4. The highest BCUT2D eigenvalue weighted by Gasteiger charge is 2.49. The van der Waals surface area contributed by atoms with Crippen LogP contribution in [0.15, 0.2) is 247 Å². The molecular formula is C67H40O. The summed E-state index contributed by atoms with van der Waals surface area (Å²) < 4.78 is 6.53. The molecule has 15 rings (SSSR count). The molecular weight excluding hydrogens is 821 g/mol. The fourth-order valence-corrected chi connectivity index (χ4v) is 12.7. The molecule has 0 fully saturated rings. The number of furan rings is 1. The van der Waals surface area contributed by atoms with E-state index in [0.717, 1.165) is 21.9 Å². The molecule has 0 unspecified atom stereocenters. The summed E-state index contributed by atoms with van der Waals surface area (Å²) in [7, 11) is 0. The van der Waals surface area contributed by atoms with E-state index in [9.17, 15) is 0 Å². The summed E-state index contributed by atoms with van der Waals surface area (Å²) in [4.78, 5) is 0. The van der Waals surface area contributed by atoms with Crippen molar-refractivity contribution in [1.29, 1.82) is 0 Å². The lowest BCUT2D eigenvalue weighted by atomic mass is 9.65. The molecule has 14 aromatic rings. The lowest BCUT2D eigenvalue weighted by Gasteiger charge is -2.36. The summed E-state index contributed by atoms with van der Waals surface area (Å²) in [6.07, 6.45) is 0. The van der Waals surface area contributed by atoms with E-state index in [-0.39, 0.29) is 0 Å². The third-order valence-electron chi connectivity index (χ3n) is 15.3. The molecule has 0 aliphatic heterocycles. The Bertz CT molecular complexity index is 4330. The van der Waals surface area contributed by atoms with E-state index in [4.69, 9.17) is 4.42 Å². The fourth-order valence-electron chi connectivity index (χ4n) is 12.7. The van der Waals surface area contributed by atoms with Crippen LogP contribution >= 0.6 is 0 Å². The first-order valence-corrected chi connectivity index (χ1v) is 23.7. The molecule has 1 heteroatoms. The van der Waals surface area contributed by atoms with Crippen LogP contribution in [0.3, 0.4) is 0 Å².